The highest BCUT2D eigenvalue weighted by molar-refractivity contribution is 4.78. The standard InChI is InChI=1S/C8H16NO/c1-6(2)8(10)7-3-4-9-5-7/h6-9H,3-5H2,1-2H3. The van der Waals surface area contributed by atoms with Gasteiger partial charge in [-0.3, -0.25) is 0 Å². The van der Waals surface area contributed by atoms with E-state index < -0.39 is 0 Å². The van der Waals surface area contributed by atoms with Crippen LogP contribution >= 0.6 is 0 Å². The Kier molecular flexibility index (Phi) is 2.69. The summed E-state index contributed by atoms with van der Waals surface area (Å²) in [5.41, 5.74) is 0. The molecular weight excluding hydrogens is 126 g/mol. The van der Waals surface area contributed by atoms with Gasteiger partial charge in [0.1, 0.15) is 0 Å². The molecule has 1 N–H and O–H groups in total. The molecule has 2 atom stereocenters. The van der Waals surface area contributed by atoms with Crippen molar-refractivity contribution in [3.63, 3.8) is 0 Å². The number of rotatable bonds is 2. The summed E-state index contributed by atoms with van der Waals surface area (Å²) in [6, 6.07) is 0. The van der Waals surface area contributed by atoms with Gasteiger partial charge in [-0.1, -0.05) is 13.8 Å². The van der Waals surface area contributed by atoms with Gasteiger partial charge in [-0.25, -0.2) is 5.11 Å². The zero-order valence-electron chi connectivity index (χ0n) is 6.76. The Labute approximate surface area is 62.6 Å². The van der Waals surface area contributed by atoms with Gasteiger partial charge in [0.05, 0.1) is 6.10 Å². The van der Waals surface area contributed by atoms with Crippen molar-refractivity contribution in [1.29, 1.82) is 0 Å². The van der Waals surface area contributed by atoms with Gasteiger partial charge >= 0.3 is 0 Å². The van der Waals surface area contributed by atoms with E-state index >= 15 is 0 Å². The fourth-order valence-corrected chi connectivity index (χ4v) is 1.50. The van der Waals surface area contributed by atoms with Crippen LogP contribution in [-0.4, -0.2) is 19.2 Å². The van der Waals surface area contributed by atoms with E-state index in [1.807, 2.05) is 13.8 Å². The zero-order valence-corrected chi connectivity index (χ0v) is 6.76. The smallest absolute Gasteiger partial charge is 0.0993 e. The van der Waals surface area contributed by atoms with Gasteiger partial charge in [0.25, 0.3) is 0 Å². The van der Waals surface area contributed by atoms with Crippen LogP contribution in [0.4, 0.5) is 0 Å². The topological polar surface area (TPSA) is 31.9 Å². The maximum absolute atomic E-state index is 11.4. The third kappa shape index (κ3) is 1.70. The van der Waals surface area contributed by atoms with Crippen LogP contribution in [0, 0.1) is 11.8 Å². The summed E-state index contributed by atoms with van der Waals surface area (Å²) in [5.74, 6) is 0.685. The van der Waals surface area contributed by atoms with E-state index in [-0.39, 0.29) is 6.10 Å². The van der Waals surface area contributed by atoms with Crippen LogP contribution in [0.5, 0.6) is 0 Å². The number of nitrogens with one attached hydrogen (secondary N) is 1. The van der Waals surface area contributed by atoms with E-state index in [1.165, 1.54) is 0 Å². The molecule has 0 saturated carbocycles. The average Bonchev–Trinajstić information content (AvgIpc) is 2.36. The first-order valence-corrected chi connectivity index (χ1v) is 4.08. The van der Waals surface area contributed by atoms with Gasteiger partial charge in [-0.15, -0.1) is 0 Å². The second-order valence-corrected chi connectivity index (χ2v) is 3.46. The molecule has 2 unspecified atom stereocenters. The molecule has 10 heavy (non-hydrogen) atoms. The highest BCUT2D eigenvalue weighted by atomic mass is 16.3. The highest BCUT2D eigenvalue weighted by Crippen LogP contribution is 2.18. The van der Waals surface area contributed by atoms with E-state index in [0.29, 0.717) is 11.8 Å². The van der Waals surface area contributed by atoms with Crippen molar-refractivity contribution in [1.82, 2.24) is 5.32 Å². The molecule has 2 heteroatoms. The van der Waals surface area contributed by atoms with Crippen molar-refractivity contribution in [2.45, 2.75) is 26.4 Å². The Morgan fingerprint density at radius 1 is 1.50 bits per heavy atom. The molecule has 1 saturated heterocycles. The first-order chi connectivity index (χ1) is 4.72. The molecule has 0 amide bonds. The maximum Gasteiger partial charge on any atom is 0.0993 e. The fourth-order valence-electron chi connectivity index (χ4n) is 1.50. The van der Waals surface area contributed by atoms with Crippen molar-refractivity contribution in [3.8, 4) is 0 Å². The van der Waals surface area contributed by atoms with E-state index in [4.69, 9.17) is 0 Å². The molecule has 2 nitrogen and oxygen atoms in total. The summed E-state index contributed by atoms with van der Waals surface area (Å²) in [6.45, 7) is 5.99. The van der Waals surface area contributed by atoms with E-state index in [1.54, 1.807) is 0 Å². The lowest BCUT2D eigenvalue weighted by molar-refractivity contribution is 0.00733. The Balaban J connectivity index is 2.32. The molecule has 0 aliphatic carbocycles. The van der Waals surface area contributed by atoms with Gasteiger partial charge in [-0.05, 0) is 18.9 Å². The Hall–Kier alpha value is -0.0800. The SMILES string of the molecule is CC(C)C([O])C1CCNC1. The van der Waals surface area contributed by atoms with Crippen LogP contribution in [0.1, 0.15) is 20.3 Å². The minimum Gasteiger partial charge on any atom is -0.316 e. The van der Waals surface area contributed by atoms with E-state index in [2.05, 4.69) is 5.32 Å². The first-order valence-electron chi connectivity index (χ1n) is 4.08. The molecule has 0 aromatic heterocycles. The summed E-state index contributed by atoms with van der Waals surface area (Å²) < 4.78 is 0. The third-order valence-corrected chi connectivity index (χ3v) is 2.22. The van der Waals surface area contributed by atoms with Crippen molar-refractivity contribution in [3.05, 3.63) is 0 Å². The largest absolute Gasteiger partial charge is 0.316 e. The lowest BCUT2D eigenvalue weighted by atomic mass is 9.93. The van der Waals surface area contributed by atoms with Crippen LogP contribution in [0.25, 0.3) is 0 Å². The summed E-state index contributed by atoms with van der Waals surface area (Å²) in [5, 5.41) is 14.6. The van der Waals surface area contributed by atoms with Gasteiger partial charge in [0.2, 0.25) is 0 Å². The van der Waals surface area contributed by atoms with Gasteiger partial charge in [0, 0.05) is 12.5 Å². The van der Waals surface area contributed by atoms with Crippen LogP contribution in [0.3, 0.4) is 0 Å². The molecule has 0 spiro atoms. The van der Waals surface area contributed by atoms with Crippen molar-refractivity contribution >= 4 is 0 Å². The normalized spacial score (nSPS) is 29.4. The molecule has 1 rings (SSSR count). The molecule has 1 aliphatic heterocycles. The predicted molar refractivity (Wildman–Crippen MR) is 40.3 cm³/mol. The third-order valence-electron chi connectivity index (χ3n) is 2.22. The minimum atomic E-state index is -0.352. The maximum atomic E-state index is 11.4. The highest BCUT2D eigenvalue weighted by Gasteiger charge is 2.26. The molecule has 0 aromatic carbocycles. The lowest BCUT2D eigenvalue weighted by Crippen LogP contribution is -2.26. The van der Waals surface area contributed by atoms with Crippen molar-refractivity contribution in [2.24, 2.45) is 11.8 Å². The quantitative estimate of drug-likeness (QED) is 0.614. The Bertz CT molecular complexity index is 97.4. The molecule has 1 fully saturated rings. The minimum absolute atomic E-state index is 0.296. The second kappa shape index (κ2) is 3.35. The van der Waals surface area contributed by atoms with Gasteiger partial charge < -0.3 is 5.32 Å². The van der Waals surface area contributed by atoms with E-state index in [0.717, 1.165) is 19.5 Å². The average molecular weight is 142 g/mol. The van der Waals surface area contributed by atoms with Crippen LogP contribution < -0.4 is 5.32 Å². The van der Waals surface area contributed by atoms with Crippen molar-refractivity contribution < 1.29 is 5.11 Å². The number of hydrogen-bond acceptors (Lipinski definition) is 1. The summed E-state index contributed by atoms with van der Waals surface area (Å²) in [7, 11) is 0. The second-order valence-electron chi connectivity index (χ2n) is 3.46. The first kappa shape index (κ1) is 8.02. The molecule has 1 radical (unpaired) electrons. The Morgan fingerprint density at radius 3 is 2.60 bits per heavy atom. The summed E-state index contributed by atoms with van der Waals surface area (Å²) in [6.07, 6.45) is 0.724. The lowest BCUT2D eigenvalue weighted by Gasteiger charge is -2.17. The van der Waals surface area contributed by atoms with Crippen molar-refractivity contribution in [2.75, 3.05) is 13.1 Å². The van der Waals surface area contributed by atoms with Crippen LogP contribution in [0.15, 0.2) is 0 Å². The Morgan fingerprint density at radius 2 is 2.20 bits per heavy atom. The van der Waals surface area contributed by atoms with Gasteiger partial charge in [-0.2, -0.15) is 0 Å². The molecular formula is C8H16NO. The zero-order chi connectivity index (χ0) is 7.56. The summed E-state index contributed by atoms with van der Waals surface area (Å²) >= 11 is 0. The summed E-state index contributed by atoms with van der Waals surface area (Å²) in [4.78, 5) is 0. The number of hydrogen-bond donors (Lipinski definition) is 1. The molecule has 1 heterocycles. The molecule has 1 aliphatic rings. The fraction of sp³-hybridized carbons (Fsp3) is 1.00. The van der Waals surface area contributed by atoms with Gasteiger partial charge in [0.15, 0.2) is 0 Å². The van der Waals surface area contributed by atoms with Crippen LogP contribution in [-0.2, 0) is 5.11 Å². The molecule has 0 bridgehead atoms. The molecule has 59 valence electrons. The van der Waals surface area contributed by atoms with Crippen LogP contribution in [0.2, 0.25) is 0 Å². The van der Waals surface area contributed by atoms with E-state index in [9.17, 15) is 5.11 Å². The predicted octanol–water partition coefficient (Wildman–Crippen LogP) is 1.05. The molecule has 0 aromatic rings. The monoisotopic (exact) mass is 142 g/mol.